The molecule has 8 heteroatoms. The van der Waals surface area contributed by atoms with Crippen molar-refractivity contribution in [2.24, 2.45) is 5.92 Å². The summed E-state index contributed by atoms with van der Waals surface area (Å²) in [6.07, 6.45) is 5.28. The lowest BCUT2D eigenvalue weighted by Gasteiger charge is -2.32. The Bertz CT molecular complexity index is 1210. The van der Waals surface area contributed by atoms with Crippen LogP contribution in [0.5, 0.6) is 5.75 Å². The van der Waals surface area contributed by atoms with E-state index in [2.05, 4.69) is 21.3 Å². The predicted molar refractivity (Wildman–Crippen MR) is 126 cm³/mol. The fraction of sp³-hybridized carbons (Fsp3) is 0.292. The molecule has 1 aromatic carbocycles. The number of thiophene rings is 1. The van der Waals surface area contributed by atoms with Gasteiger partial charge in [0.2, 0.25) is 5.91 Å². The minimum atomic E-state index is 0.0446. The summed E-state index contributed by atoms with van der Waals surface area (Å²) in [7, 11) is 1.66. The van der Waals surface area contributed by atoms with E-state index >= 15 is 0 Å². The zero-order chi connectivity index (χ0) is 21.9. The first-order chi connectivity index (χ1) is 15.7. The van der Waals surface area contributed by atoms with E-state index in [9.17, 15) is 4.79 Å². The molecule has 1 fully saturated rings. The molecule has 0 atom stereocenters. The number of hydrogen-bond donors (Lipinski definition) is 1. The Labute approximate surface area is 190 Å². The lowest BCUT2D eigenvalue weighted by molar-refractivity contribution is -0.125. The second-order valence-electron chi connectivity index (χ2n) is 7.90. The van der Waals surface area contributed by atoms with Crippen molar-refractivity contribution < 1.29 is 9.53 Å². The van der Waals surface area contributed by atoms with Gasteiger partial charge < -0.3 is 15.0 Å². The van der Waals surface area contributed by atoms with E-state index < -0.39 is 0 Å². The third-order valence-electron chi connectivity index (χ3n) is 5.92. The molecule has 1 aliphatic rings. The Morgan fingerprint density at radius 2 is 2.09 bits per heavy atom. The summed E-state index contributed by atoms with van der Waals surface area (Å²) in [5, 5.41) is 9.85. The average Bonchev–Trinajstić information content (AvgIpc) is 3.52. The number of carbonyl (C=O) groups is 1. The van der Waals surface area contributed by atoms with E-state index in [1.165, 1.54) is 4.88 Å². The highest BCUT2D eigenvalue weighted by atomic mass is 32.1. The normalized spacial score (nSPS) is 14.6. The summed E-state index contributed by atoms with van der Waals surface area (Å²) in [5.74, 6) is 1.90. The van der Waals surface area contributed by atoms with Crippen LogP contribution in [0.2, 0.25) is 0 Å². The second kappa shape index (κ2) is 9.00. The molecule has 0 aliphatic carbocycles. The molecular formula is C24H25N5O2S. The SMILES string of the molecule is COc1cccc(-c2cc3c(N4CCC(C(=O)NCc5cccs5)CC4)nccn3n2)c1. The maximum Gasteiger partial charge on any atom is 0.223 e. The number of fused-ring (bicyclic) bond motifs is 1. The molecule has 0 saturated carbocycles. The van der Waals surface area contributed by atoms with Gasteiger partial charge in [0.05, 0.1) is 19.3 Å². The Hall–Kier alpha value is -3.39. The number of anilines is 1. The van der Waals surface area contributed by atoms with Gasteiger partial charge in [0.15, 0.2) is 5.82 Å². The Kier molecular flexibility index (Phi) is 5.77. The lowest BCUT2D eigenvalue weighted by Crippen LogP contribution is -2.40. The number of carbonyl (C=O) groups excluding carboxylic acids is 1. The molecule has 0 bridgehead atoms. The van der Waals surface area contributed by atoms with Crippen molar-refractivity contribution in [1.82, 2.24) is 19.9 Å². The number of hydrogen-bond acceptors (Lipinski definition) is 6. The number of aromatic nitrogens is 3. The van der Waals surface area contributed by atoms with E-state index in [0.717, 1.165) is 54.3 Å². The Morgan fingerprint density at radius 3 is 2.88 bits per heavy atom. The molecule has 0 spiro atoms. The van der Waals surface area contributed by atoms with Crippen LogP contribution >= 0.6 is 11.3 Å². The van der Waals surface area contributed by atoms with Crippen molar-refractivity contribution >= 4 is 28.6 Å². The molecule has 1 aliphatic heterocycles. The molecule has 0 radical (unpaired) electrons. The average molecular weight is 448 g/mol. The summed E-state index contributed by atoms with van der Waals surface area (Å²) in [6.45, 7) is 2.20. The van der Waals surface area contributed by atoms with Gasteiger partial charge >= 0.3 is 0 Å². The van der Waals surface area contributed by atoms with Crippen LogP contribution in [0, 0.1) is 5.92 Å². The van der Waals surface area contributed by atoms with Gasteiger partial charge in [-0.2, -0.15) is 5.10 Å². The summed E-state index contributed by atoms with van der Waals surface area (Å²) in [4.78, 5) is 20.7. The van der Waals surface area contributed by atoms with E-state index in [-0.39, 0.29) is 11.8 Å². The Morgan fingerprint density at radius 1 is 1.22 bits per heavy atom. The molecule has 164 valence electrons. The molecule has 4 aromatic rings. The highest BCUT2D eigenvalue weighted by molar-refractivity contribution is 7.09. The van der Waals surface area contributed by atoms with Gasteiger partial charge in [0.25, 0.3) is 0 Å². The Balaban J connectivity index is 1.29. The van der Waals surface area contributed by atoms with Crippen molar-refractivity contribution in [2.75, 3.05) is 25.1 Å². The minimum Gasteiger partial charge on any atom is -0.497 e. The molecule has 1 amide bonds. The summed E-state index contributed by atoms with van der Waals surface area (Å²) >= 11 is 1.67. The van der Waals surface area contributed by atoms with Crippen molar-refractivity contribution in [3.05, 3.63) is 65.1 Å². The summed E-state index contributed by atoms with van der Waals surface area (Å²) in [5.41, 5.74) is 2.84. The van der Waals surface area contributed by atoms with Crippen LogP contribution in [0.1, 0.15) is 17.7 Å². The van der Waals surface area contributed by atoms with Gasteiger partial charge in [-0.15, -0.1) is 11.3 Å². The largest absolute Gasteiger partial charge is 0.497 e. The highest BCUT2D eigenvalue weighted by Gasteiger charge is 2.26. The van der Waals surface area contributed by atoms with E-state index in [1.807, 2.05) is 52.5 Å². The van der Waals surface area contributed by atoms with Gasteiger partial charge in [-0.05, 0) is 42.5 Å². The standard InChI is InChI=1S/C24H25N5O2S/c1-31-19-5-2-4-18(14-19)21-15-22-23(25-9-12-29(22)27-21)28-10-7-17(8-11-28)24(30)26-16-20-6-3-13-32-20/h2-6,9,12-15,17H,7-8,10-11,16H2,1H3,(H,26,30). The first kappa shape index (κ1) is 20.5. The number of nitrogens with one attached hydrogen (secondary N) is 1. The monoisotopic (exact) mass is 447 g/mol. The quantitative estimate of drug-likeness (QED) is 0.484. The predicted octanol–water partition coefficient (Wildman–Crippen LogP) is 4.00. The van der Waals surface area contributed by atoms with Crippen LogP contribution < -0.4 is 15.0 Å². The van der Waals surface area contributed by atoms with Crippen LogP contribution in [-0.4, -0.2) is 40.7 Å². The van der Waals surface area contributed by atoms with Gasteiger partial charge in [-0.25, -0.2) is 9.50 Å². The number of nitrogens with zero attached hydrogens (tertiary/aromatic N) is 4. The highest BCUT2D eigenvalue weighted by Crippen LogP contribution is 2.29. The summed E-state index contributed by atoms with van der Waals surface area (Å²) < 4.78 is 7.22. The third kappa shape index (κ3) is 4.18. The van der Waals surface area contributed by atoms with Crippen molar-refractivity contribution in [2.45, 2.75) is 19.4 Å². The topological polar surface area (TPSA) is 71.8 Å². The molecule has 5 rings (SSSR count). The van der Waals surface area contributed by atoms with E-state index in [1.54, 1.807) is 24.6 Å². The minimum absolute atomic E-state index is 0.0446. The number of methoxy groups -OCH3 is 1. The maximum atomic E-state index is 12.6. The van der Waals surface area contributed by atoms with Gasteiger partial charge in [-0.1, -0.05) is 18.2 Å². The number of rotatable bonds is 6. The van der Waals surface area contributed by atoms with Crippen molar-refractivity contribution in [3.63, 3.8) is 0 Å². The van der Waals surface area contributed by atoms with Gasteiger partial charge in [0, 0.05) is 41.8 Å². The van der Waals surface area contributed by atoms with E-state index in [0.29, 0.717) is 6.54 Å². The van der Waals surface area contributed by atoms with Crippen molar-refractivity contribution in [3.8, 4) is 17.0 Å². The molecule has 1 saturated heterocycles. The number of benzene rings is 1. The van der Waals surface area contributed by atoms with Crippen LogP contribution in [0.25, 0.3) is 16.8 Å². The fourth-order valence-corrected chi connectivity index (χ4v) is 4.81. The van der Waals surface area contributed by atoms with E-state index in [4.69, 9.17) is 9.84 Å². The molecule has 1 N–H and O–H groups in total. The van der Waals surface area contributed by atoms with Crippen LogP contribution in [-0.2, 0) is 11.3 Å². The number of ether oxygens (including phenoxy) is 1. The number of piperidine rings is 1. The first-order valence-corrected chi connectivity index (χ1v) is 11.6. The van der Waals surface area contributed by atoms with Gasteiger partial charge in [-0.3, -0.25) is 4.79 Å². The third-order valence-corrected chi connectivity index (χ3v) is 6.79. The molecular weight excluding hydrogens is 422 g/mol. The molecule has 7 nitrogen and oxygen atoms in total. The molecule has 3 aromatic heterocycles. The van der Waals surface area contributed by atoms with Crippen LogP contribution in [0.3, 0.4) is 0 Å². The van der Waals surface area contributed by atoms with Crippen LogP contribution in [0.4, 0.5) is 5.82 Å². The molecule has 4 heterocycles. The first-order valence-electron chi connectivity index (χ1n) is 10.7. The molecule has 0 unspecified atom stereocenters. The number of amides is 1. The van der Waals surface area contributed by atoms with Crippen molar-refractivity contribution in [1.29, 1.82) is 0 Å². The lowest BCUT2D eigenvalue weighted by atomic mass is 9.96. The van der Waals surface area contributed by atoms with Gasteiger partial charge in [0.1, 0.15) is 11.3 Å². The maximum absolute atomic E-state index is 12.6. The zero-order valence-corrected chi connectivity index (χ0v) is 18.7. The molecule has 32 heavy (non-hydrogen) atoms. The zero-order valence-electron chi connectivity index (χ0n) is 17.9. The van der Waals surface area contributed by atoms with Crippen LogP contribution in [0.15, 0.2) is 60.2 Å². The summed E-state index contributed by atoms with van der Waals surface area (Å²) in [6, 6.07) is 14.0. The smallest absolute Gasteiger partial charge is 0.223 e. The fourth-order valence-electron chi connectivity index (χ4n) is 4.16. The second-order valence-corrected chi connectivity index (χ2v) is 8.93.